The van der Waals surface area contributed by atoms with Crippen LogP contribution in [0.1, 0.15) is 13.8 Å². The van der Waals surface area contributed by atoms with Gasteiger partial charge in [-0.05, 0) is 24.1 Å². The van der Waals surface area contributed by atoms with Crippen molar-refractivity contribution in [1.82, 2.24) is 19.9 Å². The average Bonchev–Trinajstić information content (AvgIpc) is 3.25. The fourth-order valence-corrected chi connectivity index (χ4v) is 4.48. The Morgan fingerprint density at radius 1 is 1.09 bits per heavy atom. The van der Waals surface area contributed by atoms with Crippen molar-refractivity contribution in [2.24, 2.45) is 5.92 Å². The van der Waals surface area contributed by atoms with E-state index in [1.165, 1.54) is 42.5 Å². The van der Waals surface area contributed by atoms with Gasteiger partial charge in [0.2, 0.25) is 11.8 Å². The number of ether oxygens (including phenoxy) is 2. The summed E-state index contributed by atoms with van der Waals surface area (Å²) in [4.78, 5) is 47.4. The number of carbonyl (C=O) groups is 2. The predicted octanol–water partition coefficient (Wildman–Crippen LogP) is 2.80. The number of para-hydroxylation sites is 1. The number of amides is 2. The lowest BCUT2D eigenvalue weighted by Crippen LogP contribution is -2.48. The van der Waals surface area contributed by atoms with Gasteiger partial charge in [0.25, 0.3) is 5.56 Å². The Balaban J connectivity index is 1.50. The molecule has 0 aliphatic heterocycles. The van der Waals surface area contributed by atoms with Crippen molar-refractivity contribution >= 4 is 49.4 Å². The number of hydrogen-bond donors (Lipinski definition) is 2. The van der Waals surface area contributed by atoms with E-state index in [1.807, 2.05) is 38.1 Å². The zero-order valence-corrected chi connectivity index (χ0v) is 20.5. The number of nitrogens with zero attached hydrogens (tertiary/aromatic N) is 3. The molecule has 0 saturated heterocycles. The van der Waals surface area contributed by atoms with Gasteiger partial charge in [0, 0.05) is 6.07 Å². The minimum absolute atomic E-state index is 0.198. The van der Waals surface area contributed by atoms with Crippen LogP contribution in [0.5, 0.6) is 11.5 Å². The molecule has 4 rings (SSSR count). The van der Waals surface area contributed by atoms with Gasteiger partial charge in [-0.1, -0.05) is 37.3 Å². The Morgan fingerprint density at radius 3 is 2.49 bits per heavy atom. The Kier molecular flexibility index (Phi) is 6.97. The molecule has 182 valence electrons. The van der Waals surface area contributed by atoms with E-state index in [1.54, 1.807) is 6.07 Å². The van der Waals surface area contributed by atoms with Crippen LogP contribution < -0.4 is 25.7 Å². The number of anilines is 1. The van der Waals surface area contributed by atoms with Crippen LogP contribution in [-0.2, 0) is 16.1 Å². The van der Waals surface area contributed by atoms with Crippen molar-refractivity contribution in [2.45, 2.75) is 26.4 Å². The Labute approximate surface area is 204 Å². The Hall–Kier alpha value is -3.99. The Morgan fingerprint density at radius 2 is 1.80 bits per heavy atom. The van der Waals surface area contributed by atoms with Gasteiger partial charge in [0.1, 0.15) is 12.6 Å². The summed E-state index contributed by atoms with van der Waals surface area (Å²) in [5.41, 5.74) is 0.793. The quantitative estimate of drug-likeness (QED) is 0.385. The first-order valence-corrected chi connectivity index (χ1v) is 11.7. The molecular formula is C24H25N5O5S. The highest BCUT2D eigenvalue weighted by Crippen LogP contribution is 2.30. The fourth-order valence-electron chi connectivity index (χ4n) is 3.62. The van der Waals surface area contributed by atoms with Crippen LogP contribution in [0.3, 0.4) is 0 Å². The first kappa shape index (κ1) is 24.1. The summed E-state index contributed by atoms with van der Waals surface area (Å²) in [6.07, 6.45) is 1.29. The molecule has 2 aromatic heterocycles. The normalized spacial score (nSPS) is 12.0. The van der Waals surface area contributed by atoms with E-state index in [0.29, 0.717) is 22.1 Å². The number of methoxy groups -OCH3 is 2. The van der Waals surface area contributed by atoms with Crippen LogP contribution in [0.2, 0.25) is 0 Å². The molecule has 1 unspecified atom stereocenters. The van der Waals surface area contributed by atoms with Crippen LogP contribution in [0.25, 0.3) is 21.1 Å². The fraction of sp³-hybridized carbons (Fsp3) is 0.292. The average molecular weight is 496 g/mol. The van der Waals surface area contributed by atoms with E-state index in [0.717, 1.165) is 10.2 Å². The van der Waals surface area contributed by atoms with E-state index >= 15 is 0 Å². The maximum atomic E-state index is 13.0. The molecule has 0 spiro atoms. The first-order chi connectivity index (χ1) is 16.8. The van der Waals surface area contributed by atoms with Gasteiger partial charge in [-0.3, -0.25) is 19.0 Å². The van der Waals surface area contributed by atoms with Gasteiger partial charge >= 0.3 is 0 Å². The lowest BCUT2D eigenvalue weighted by atomic mass is 10.0. The number of fused-ring (bicyclic) bond motifs is 2. The number of carbonyl (C=O) groups excluding carboxylic acids is 2. The van der Waals surface area contributed by atoms with Crippen LogP contribution in [0.15, 0.2) is 47.5 Å². The van der Waals surface area contributed by atoms with E-state index in [4.69, 9.17) is 9.47 Å². The third-order valence-corrected chi connectivity index (χ3v) is 6.38. The molecular weight excluding hydrogens is 470 g/mol. The maximum Gasteiger partial charge on any atom is 0.261 e. The van der Waals surface area contributed by atoms with Crippen molar-refractivity contribution in [3.05, 3.63) is 53.1 Å². The number of benzene rings is 2. The smallest absolute Gasteiger partial charge is 0.261 e. The van der Waals surface area contributed by atoms with Crippen LogP contribution in [0, 0.1) is 5.92 Å². The van der Waals surface area contributed by atoms with Crippen molar-refractivity contribution < 1.29 is 19.1 Å². The molecule has 0 radical (unpaired) electrons. The summed E-state index contributed by atoms with van der Waals surface area (Å²) >= 11 is 1.36. The number of hydrogen-bond acceptors (Lipinski definition) is 8. The molecule has 0 fully saturated rings. The number of nitrogens with one attached hydrogen (secondary N) is 2. The standard InChI is InChI=1S/C24H25N5O5S/c1-13(2)21(22(31)28-24-26-15-7-5-6-8-19(15)35-24)27-20(30)11-29-12-25-16-10-18(34-4)17(33-3)9-14(16)23(29)32/h5-10,12-13,21H,11H2,1-4H3,(H,27,30)(H,26,28,31). The first-order valence-electron chi connectivity index (χ1n) is 10.9. The summed E-state index contributed by atoms with van der Waals surface area (Å²) in [6, 6.07) is 9.88. The van der Waals surface area contributed by atoms with Gasteiger partial charge < -0.3 is 20.1 Å². The number of thiazole rings is 1. The highest BCUT2D eigenvalue weighted by atomic mass is 32.1. The van der Waals surface area contributed by atoms with Gasteiger partial charge in [-0.15, -0.1) is 0 Å². The van der Waals surface area contributed by atoms with Gasteiger partial charge in [-0.2, -0.15) is 0 Å². The molecule has 11 heteroatoms. The SMILES string of the molecule is COc1cc2ncn(CC(=O)NC(C(=O)Nc3nc4ccccc4s3)C(C)C)c(=O)c2cc1OC. The van der Waals surface area contributed by atoms with E-state index in [9.17, 15) is 14.4 Å². The molecule has 4 aromatic rings. The summed E-state index contributed by atoms with van der Waals surface area (Å²) < 4.78 is 12.6. The molecule has 10 nitrogen and oxygen atoms in total. The second-order valence-corrected chi connectivity index (χ2v) is 9.20. The lowest BCUT2D eigenvalue weighted by molar-refractivity contribution is -0.127. The highest BCUT2D eigenvalue weighted by Gasteiger charge is 2.25. The molecule has 2 heterocycles. The van der Waals surface area contributed by atoms with Crippen molar-refractivity contribution in [3.8, 4) is 11.5 Å². The zero-order valence-electron chi connectivity index (χ0n) is 19.7. The molecule has 2 N–H and O–H groups in total. The highest BCUT2D eigenvalue weighted by molar-refractivity contribution is 7.22. The van der Waals surface area contributed by atoms with Crippen molar-refractivity contribution in [1.29, 1.82) is 0 Å². The predicted molar refractivity (Wildman–Crippen MR) is 134 cm³/mol. The zero-order chi connectivity index (χ0) is 25.1. The largest absolute Gasteiger partial charge is 0.493 e. The molecule has 2 aromatic carbocycles. The monoisotopic (exact) mass is 495 g/mol. The van der Waals surface area contributed by atoms with E-state index in [2.05, 4.69) is 20.6 Å². The minimum Gasteiger partial charge on any atom is -0.493 e. The molecule has 0 saturated carbocycles. The molecule has 1 atom stereocenters. The molecule has 35 heavy (non-hydrogen) atoms. The van der Waals surface area contributed by atoms with E-state index in [-0.39, 0.29) is 23.8 Å². The summed E-state index contributed by atoms with van der Waals surface area (Å²) in [5.74, 6) is -0.245. The third kappa shape index (κ3) is 5.09. The van der Waals surface area contributed by atoms with E-state index < -0.39 is 17.5 Å². The number of rotatable bonds is 8. The van der Waals surface area contributed by atoms with Crippen LogP contribution in [0.4, 0.5) is 5.13 Å². The minimum atomic E-state index is -0.817. The topological polar surface area (TPSA) is 124 Å². The maximum absolute atomic E-state index is 13.0. The van der Waals surface area contributed by atoms with Gasteiger partial charge in [0.15, 0.2) is 16.6 Å². The molecule has 0 aliphatic rings. The molecule has 0 aliphatic carbocycles. The second kappa shape index (κ2) is 10.1. The summed E-state index contributed by atoms with van der Waals surface area (Å²) in [5, 5.41) is 6.25. The van der Waals surface area contributed by atoms with Gasteiger partial charge in [-0.25, -0.2) is 9.97 Å². The number of aromatic nitrogens is 3. The Bertz CT molecular complexity index is 1430. The molecule has 0 bridgehead atoms. The second-order valence-electron chi connectivity index (χ2n) is 8.17. The van der Waals surface area contributed by atoms with Crippen molar-refractivity contribution in [3.63, 3.8) is 0 Å². The third-order valence-electron chi connectivity index (χ3n) is 5.43. The molecule has 2 amide bonds. The van der Waals surface area contributed by atoms with Crippen LogP contribution >= 0.6 is 11.3 Å². The van der Waals surface area contributed by atoms with Crippen molar-refractivity contribution in [2.75, 3.05) is 19.5 Å². The lowest BCUT2D eigenvalue weighted by Gasteiger charge is -2.21. The van der Waals surface area contributed by atoms with Gasteiger partial charge in [0.05, 0.1) is 41.7 Å². The van der Waals surface area contributed by atoms with Crippen LogP contribution in [-0.4, -0.2) is 46.6 Å². The summed E-state index contributed by atoms with van der Waals surface area (Å²) in [6.45, 7) is 3.35. The summed E-state index contributed by atoms with van der Waals surface area (Å²) in [7, 11) is 2.96.